The van der Waals surface area contributed by atoms with Crippen molar-refractivity contribution >= 4 is 23.3 Å². The molecule has 0 aliphatic heterocycles. The molecule has 1 N–H and O–H groups in total. The van der Waals surface area contributed by atoms with E-state index in [1.165, 1.54) is 11.8 Å². The number of ether oxygens (including phenoxy) is 1. The summed E-state index contributed by atoms with van der Waals surface area (Å²) in [4.78, 5) is 12.1. The molecule has 1 amide bonds. The maximum atomic E-state index is 12.1. The molecule has 0 bridgehead atoms. The van der Waals surface area contributed by atoms with Crippen molar-refractivity contribution in [3.63, 3.8) is 0 Å². The SMILES string of the molecule is COc1ccc(-c2nnc3ccc(SCC(=O)NCc4ccccc4)nn23)cc1. The zero-order chi connectivity index (χ0) is 20.1. The molecular formula is C21H19N5O2S. The van der Waals surface area contributed by atoms with Gasteiger partial charge in [-0.3, -0.25) is 4.79 Å². The topological polar surface area (TPSA) is 81.4 Å². The first-order valence-electron chi connectivity index (χ1n) is 9.03. The zero-order valence-corrected chi connectivity index (χ0v) is 16.6. The average Bonchev–Trinajstić information content (AvgIpc) is 3.20. The van der Waals surface area contributed by atoms with Gasteiger partial charge in [0, 0.05) is 12.1 Å². The summed E-state index contributed by atoms with van der Waals surface area (Å²) < 4.78 is 6.88. The monoisotopic (exact) mass is 405 g/mol. The van der Waals surface area contributed by atoms with Gasteiger partial charge in [0.25, 0.3) is 0 Å². The summed E-state index contributed by atoms with van der Waals surface area (Å²) in [5.41, 5.74) is 2.60. The summed E-state index contributed by atoms with van der Waals surface area (Å²) in [6.45, 7) is 0.514. The normalized spacial score (nSPS) is 10.8. The van der Waals surface area contributed by atoms with Crippen LogP contribution in [0.25, 0.3) is 17.0 Å². The van der Waals surface area contributed by atoms with Gasteiger partial charge in [-0.05, 0) is 42.0 Å². The number of thioether (sulfide) groups is 1. The largest absolute Gasteiger partial charge is 0.497 e. The molecule has 0 unspecified atom stereocenters. The Morgan fingerprint density at radius 2 is 1.83 bits per heavy atom. The highest BCUT2D eigenvalue weighted by atomic mass is 32.2. The van der Waals surface area contributed by atoms with Crippen molar-refractivity contribution < 1.29 is 9.53 Å². The third kappa shape index (κ3) is 4.55. The summed E-state index contributed by atoms with van der Waals surface area (Å²) >= 11 is 1.37. The van der Waals surface area contributed by atoms with Gasteiger partial charge in [0.15, 0.2) is 11.5 Å². The number of amides is 1. The van der Waals surface area contributed by atoms with Crippen molar-refractivity contribution in [3.8, 4) is 17.1 Å². The lowest BCUT2D eigenvalue weighted by molar-refractivity contribution is -0.118. The number of rotatable bonds is 7. The lowest BCUT2D eigenvalue weighted by Crippen LogP contribution is -2.24. The van der Waals surface area contributed by atoms with Crippen LogP contribution in [-0.2, 0) is 11.3 Å². The molecule has 8 heteroatoms. The summed E-state index contributed by atoms with van der Waals surface area (Å²) in [7, 11) is 1.63. The summed E-state index contributed by atoms with van der Waals surface area (Å²) in [6, 6.07) is 21.1. The van der Waals surface area contributed by atoms with Gasteiger partial charge in [0.1, 0.15) is 10.8 Å². The fraction of sp³-hybridized carbons (Fsp3) is 0.143. The molecule has 0 radical (unpaired) electrons. The average molecular weight is 405 g/mol. The molecule has 4 aromatic rings. The highest BCUT2D eigenvalue weighted by Gasteiger charge is 2.11. The van der Waals surface area contributed by atoms with Gasteiger partial charge in [-0.15, -0.1) is 10.2 Å². The Kier molecular flexibility index (Phi) is 5.71. The number of carbonyl (C=O) groups is 1. The van der Waals surface area contributed by atoms with Crippen LogP contribution in [-0.4, -0.2) is 38.6 Å². The molecule has 0 saturated heterocycles. The minimum atomic E-state index is -0.0418. The Morgan fingerprint density at radius 1 is 1.03 bits per heavy atom. The molecule has 146 valence electrons. The Bertz CT molecular complexity index is 1110. The summed E-state index contributed by atoms with van der Waals surface area (Å²) in [5.74, 6) is 1.65. The van der Waals surface area contributed by atoms with Gasteiger partial charge in [-0.2, -0.15) is 9.61 Å². The second-order valence-electron chi connectivity index (χ2n) is 6.24. The van der Waals surface area contributed by atoms with Gasteiger partial charge >= 0.3 is 0 Å². The van der Waals surface area contributed by atoms with Crippen molar-refractivity contribution in [2.24, 2.45) is 0 Å². The molecule has 2 aromatic heterocycles. The molecule has 29 heavy (non-hydrogen) atoms. The summed E-state index contributed by atoms with van der Waals surface area (Å²) in [6.07, 6.45) is 0. The van der Waals surface area contributed by atoms with Crippen LogP contribution in [0.5, 0.6) is 5.75 Å². The Morgan fingerprint density at radius 3 is 2.59 bits per heavy atom. The maximum Gasteiger partial charge on any atom is 0.230 e. The molecular weight excluding hydrogens is 386 g/mol. The fourth-order valence-corrected chi connectivity index (χ4v) is 3.44. The molecule has 0 atom stereocenters. The fourth-order valence-electron chi connectivity index (χ4n) is 2.76. The van der Waals surface area contributed by atoms with Crippen LogP contribution in [0.4, 0.5) is 0 Å². The van der Waals surface area contributed by atoms with Crippen LogP contribution in [0.2, 0.25) is 0 Å². The van der Waals surface area contributed by atoms with Crippen molar-refractivity contribution in [2.75, 3.05) is 12.9 Å². The van der Waals surface area contributed by atoms with Crippen LogP contribution in [0.1, 0.15) is 5.56 Å². The van der Waals surface area contributed by atoms with Gasteiger partial charge in [0.05, 0.1) is 12.9 Å². The highest BCUT2D eigenvalue weighted by molar-refractivity contribution is 7.99. The number of benzene rings is 2. The highest BCUT2D eigenvalue weighted by Crippen LogP contribution is 2.22. The molecule has 0 saturated carbocycles. The quantitative estimate of drug-likeness (QED) is 0.476. The van der Waals surface area contributed by atoms with Gasteiger partial charge in [0.2, 0.25) is 5.91 Å². The lowest BCUT2D eigenvalue weighted by atomic mass is 10.2. The molecule has 4 rings (SSSR count). The second kappa shape index (κ2) is 8.74. The molecule has 2 aromatic carbocycles. The van der Waals surface area contributed by atoms with Crippen LogP contribution in [0, 0.1) is 0 Å². The Labute approximate surface area is 172 Å². The standard InChI is InChI=1S/C21H19N5O2S/c1-28-17-9-7-16(8-10-17)21-24-23-18-11-12-20(25-26(18)21)29-14-19(27)22-13-15-5-3-2-4-6-15/h2-12H,13-14H2,1H3,(H,22,27). The molecule has 0 aliphatic rings. The van der Waals surface area contributed by atoms with E-state index in [0.29, 0.717) is 18.0 Å². The number of nitrogens with zero attached hydrogens (tertiary/aromatic N) is 4. The van der Waals surface area contributed by atoms with Crippen LogP contribution < -0.4 is 10.1 Å². The zero-order valence-electron chi connectivity index (χ0n) is 15.8. The number of fused-ring (bicyclic) bond motifs is 1. The summed E-state index contributed by atoms with van der Waals surface area (Å²) in [5, 5.41) is 16.6. The first-order valence-corrected chi connectivity index (χ1v) is 10.0. The first kappa shape index (κ1) is 18.9. The van der Waals surface area contributed by atoms with E-state index in [2.05, 4.69) is 20.6 Å². The van der Waals surface area contributed by atoms with E-state index in [4.69, 9.17) is 4.74 Å². The molecule has 7 nitrogen and oxygen atoms in total. The van der Waals surface area contributed by atoms with E-state index in [1.807, 2.05) is 66.7 Å². The molecule has 0 spiro atoms. The van der Waals surface area contributed by atoms with E-state index >= 15 is 0 Å². The van der Waals surface area contributed by atoms with E-state index in [9.17, 15) is 4.79 Å². The third-order valence-corrected chi connectivity index (χ3v) is 5.19. The number of nitrogens with one attached hydrogen (secondary N) is 1. The first-order chi connectivity index (χ1) is 14.2. The number of aromatic nitrogens is 4. The van der Waals surface area contributed by atoms with Crippen molar-refractivity contribution in [3.05, 3.63) is 72.3 Å². The van der Waals surface area contributed by atoms with Crippen molar-refractivity contribution in [2.45, 2.75) is 11.6 Å². The van der Waals surface area contributed by atoms with E-state index < -0.39 is 0 Å². The predicted octanol–water partition coefficient (Wildman–Crippen LogP) is 3.21. The second-order valence-corrected chi connectivity index (χ2v) is 7.24. The van der Waals surface area contributed by atoms with Crippen LogP contribution in [0.3, 0.4) is 0 Å². The smallest absolute Gasteiger partial charge is 0.230 e. The maximum absolute atomic E-state index is 12.1. The van der Waals surface area contributed by atoms with Crippen molar-refractivity contribution in [1.82, 2.24) is 25.1 Å². The van der Waals surface area contributed by atoms with Crippen LogP contribution in [0.15, 0.2) is 71.8 Å². The van der Waals surface area contributed by atoms with Gasteiger partial charge in [-0.1, -0.05) is 42.1 Å². The van der Waals surface area contributed by atoms with Gasteiger partial charge in [-0.25, -0.2) is 0 Å². The number of hydrogen-bond donors (Lipinski definition) is 1. The minimum absolute atomic E-state index is 0.0418. The Hall–Kier alpha value is -3.39. The Balaban J connectivity index is 1.43. The van der Waals surface area contributed by atoms with Gasteiger partial charge < -0.3 is 10.1 Å². The molecule has 0 aliphatic carbocycles. The van der Waals surface area contributed by atoms with E-state index in [1.54, 1.807) is 11.6 Å². The molecule has 0 fully saturated rings. The number of hydrogen-bond acceptors (Lipinski definition) is 6. The third-order valence-electron chi connectivity index (χ3n) is 4.27. The minimum Gasteiger partial charge on any atom is -0.497 e. The number of carbonyl (C=O) groups excluding carboxylic acids is 1. The van der Waals surface area contributed by atoms with Crippen LogP contribution >= 0.6 is 11.8 Å². The molecule has 2 heterocycles. The van der Waals surface area contributed by atoms with E-state index in [-0.39, 0.29) is 11.7 Å². The predicted molar refractivity (Wildman–Crippen MR) is 112 cm³/mol. The lowest BCUT2D eigenvalue weighted by Gasteiger charge is -2.06. The number of methoxy groups -OCH3 is 1. The van der Waals surface area contributed by atoms with Crippen molar-refractivity contribution in [1.29, 1.82) is 0 Å². The van der Waals surface area contributed by atoms with E-state index in [0.717, 1.165) is 21.9 Å².